The van der Waals surface area contributed by atoms with E-state index in [1.807, 2.05) is 20.8 Å². The van der Waals surface area contributed by atoms with E-state index in [0.29, 0.717) is 16.3 Å². The molecule has 1 aromatic rings. The molecule has 0 bridgehead atoms. The summed E-state index contributed by atoms with van der Waals surface area (Å²) in [6, 6.07) is 4.45. The quantitative estimate of drug-likeness (QED) is 0.415. The number of benzene rings is 1. The fraction of sp³-hybridized carbons (Fsp3) is 0.571. The lowest BCUT2D eigenvalue weighted by atomic mass is 9.55. The Hall–Kier alpha value is -1.90. The molecule has 0 unspecified atom stereocenters. The average molecular weight is 516 g/mol. The van der Waals surface area contributed by atoms with Crippen molar-refractivity contribution in [2.24, 2.45) is 23.7 Å². The van der Waals surface area contributed by atoms with Crippen LogP contribution in [0.1, 0.15) is 45.6 Å². The maximum absolute atomic E-state index is 13.6. The van der Waals surface area contributed by atoms with Gasteiger partial charge in [0.05, 0.1) is 10.7 Å². The summed E-state index contributed by atoms with van der Waals surface area (Å²) in [5.41, 5.74) is 0.436. The highest BCUT2D eigenvalue weighted by molar-refractivity contribution is 6.33. The summed E-state index contributed by atoms with van der Waals surface area (Å²) in [5.74, 6) is -1.12. The minimum absolute atomic E-state index is 0.0484. The van der Waals surface area contributed by atoms with Crippen LogP contribution >= 0.6 is 11.6 Å². The second-order valence-corrected chi connectivity index (χ2v) is 11.6. The van der Waals surface area contributed by atoms with Crippen molar-refractivity contribution >= 4 is 23.3 Å². The van der Waals surface area contributed by atoms with Crippen molar-refractivity contribution in [2.45, 2.75) is 69.6 Å². The van der Waals surface area contributed by atoms with Gasteiger partial charge in [0.15, 0.2) is 6.23 Å². The standard InChI is InChI=1S/C28H36ClN2O5/c1-14(2)18-11-10-16(4)28(34)20(18)12-15(3)17(5)24(28)35-25(32)22-13-27(33)19-8-7-9-21(29)23(19)31(6)36-26(27)30-22/h7-9,12,16-18,20,22,24,26,30,33-34H,1,5,10-11,13H2,2-4,6H3/t16-,17-,18-,20+,22+,24+,26-,27-,28-/m1/s1. The lowest BCUT2D eigenvalue weighted by Gasteiger charge is -2.55. The molecule has 0 amide bonds. The molecule has 2 aliphatic carbocycles. The van der Waals surface area contributed by atoms with E-state index in [4.69, 9.17) is 21.2 Å². The molecule has 0 aromatic heterocycles. The number of ether oxygens (including phenoxy) is 1. The molecule has 8 heteroatoms. The first-order valence-corrected chi connectivity index (χ1v) is 13.0. The molecule has 5 rings (SSSR count). The second kappa shape index (κ2) is 8.84. The summed E-state index contributed by atoms with van der Waals surface area (Å²) in [5, 5.41) is 28.8. The summed E-state index contributed by atoms with van der Waals surface area (Å²) >= 11 is 6.38. The zero-order chi connectivity index (χ0) is 26.2. The molecule has 2 heterocycles. The minimum atomic E-state index is -1.47. The maximum Gasteiger partial charge on any atom is 0.323 e. The van der Waals surface area contributed by atoms with Gasteiger partial charge in [-0.2, -0.15) is 0 Å². The van der Waals surface area contributed by atoms with E-state index in [1.165, 1.54) is 5.06 Å². The second-order valence-electron chi connectivity index (χ2n) is 11.2. The molecule has 1 saturated heterocycles. The topological polar surface area (TPSA) is 91.3 Å². The predicted molar refractivity (Wildman–Crippen MR) is 138 cm³/mol. The molecule has 4 aliphatic rings. The summed E-state index contributed by atoms with van der Waals surface area (Å²) in [7, 11) is 1.71. The molecule has 2 aliphatic heterocycles. The number of hydrogen-bond donors (Lipinski definition) is 3. The molecule has 1 saturated carbocycles. The van der Waals surface area contributed by atoms with Gasteiger partial charge in [-0.3, -0.25) is 20.0 Å². The predicted octanol–water partition coefficient (Wildman–Crippen LogP) is 3.89. The fourth-order valence-electron chi connectivity index (χ4n) is 6.83. The monoisotopic (exact) mass is 515 g/mol. The number of nitrogens with zero attached hydrogens (tertiary/aromatic N) is 1. The van der Waals surface area contributed by atoms with E-state index < -0.39 is 41.5 Å². The van der Waals surface area contributed by atoms with Crippen LogP contribution in [0.5, 0.6) is 0 Å². The Balaban J connectivity index is 1.43. The van der Waals surface area contributed by atoms with Crippen molar-refractivity contribution in [1.29, 1.82) is 0 Å². The number of halogens is 1. The number of aliphatic hydroxyl groups is 2. The number of allylic oxidation sites excluding steroid dienone is 1. The zero-order valence-electron chi connectivity index (χ0n) is 21.3. The van der Waals surface area contributed by atoms with E-state index in [2.05, 4.69) is 24.9 Å². The van der Waals surface area contributed by atoms with Gasteiger partial charge in [-0.1, -0.05) is 54.5 Å². The van der Waals surface area contributed by atoms with Gasteiger partial charge in [-0.05, 0) is 51.5 Å². The lowest BCUT2D eigenvalue weighted by Crippen LogP contribution is -2.63. The van der Waals surface area contributed by atoms with E-state index >= 15 is 0 Å². The van der Waals surface area contributed by atoms with Crippen LogP contribution < -0.4 is 10.4 Å². The van der Waals surface area contributed by atoms with Crippen LogP contribution in [-0.2, 0) is 20.0 Å². The molecule has 7 nitrogen and oxygen atoms in total. The Morgan fingerprint density at radius 2 is 2.06 bits per heavy atom. The Kier molecular flexibility index (Phi) is 6.32. The maximum atomic E-state index is 13.6. The Bertz CT molecular complexity index is 1120. The first-order chi connectivity index (χ1) is 16.9. The molecule has 36 heavy (non-hydrogen) atoms. The smallest absolute Gasteiger partial charge is 0.323 e. The van der Waals surface area contributed by atoms with E-state index in [1.54, 1.807) is 25.2 Å². The largest absolute Gasteiger partial charge is 0.457 e. The summed E-state index contributed by atoms with van der Waals surface area (Å²) in [6.45, 7) is 14.4. The average Bonchev–Trinajstić information content (AvgIpc) is 3.16. The number of hydroxylamine groups is 1. The number of esters is 1. The Morgan fingerprint density at radius 1 is 1.33 bits per heavy atom. The molecular weight excluding hydrogens is 480 g/mol. The molecular formula is C28H36ClN2O5. The highest BCUT2D eigenvalue weighted by Gasteiger charge is 2.60. The first kappa shape index (κ1) is 25.7. The van der Waals surface area contributed by atoms with Gasteiger partial charge in [-0.25, -0.2) is 0 Å². The third kappa shape index (κ3) is 3.66. The van der Waals surface area contributed by atoms with Gasteiger partial charge in [0.25, 0.3) is 0 Å². The lowest BCUT2D eigenvalue weighted by molar-refractivity contribution is -0.204. The van der Waals surface area contributed by atoms with Gasteiger partial charge < -0.3 is 14.9 Å². The van der Waals surface area contributed by atoms with E-state index in [9.17, 15) is 15.0 Å². The van der Waals surface area contributed by atoms with Crippen molar-refractivity contribution in [3.05, 3.63) is 59.5 Å². The number of para-hydroxylation sites is 1. The highest BCUT2D eigenvalue weighted by atomic mass is 35.5. The van der Waals surface area contributed by atoms with E-state index in [0.717, 1.165) is 24.0 Å². The minimum Gasteiger partial charge on any atom is -0.457 e. The van der Waals surface area contributed by atoms with Crippen LogP contribution in [-0.4, -0.2) is 47.2 Å². The molecule has 3 N–H and O–H groups in total. The molecule has 1 radical (unpaired) electrons. The van der Waals surface area contributed by atoms with Crippen LogP contribution in [0.2, 0.25) is 5.02 Å². The normalized spacial score (nSPS) is 41.6. The van der Waals surface area contributed by atoms with Crippen molar-refractivity contribution in [2.75, 3.05) is 12.1 Å². The van der Waals surface area contributed by atoms with Crippen molar-refractivity contribution in [1.82, 2.24) is 5.32 Å². The van der Waals surface area contributed by atoms with Gasteiger partial charge in [0.2, 0.25) is 0 Å². The summed E-state index contributed by atoms with van der Waals surface area (Å²) in [4.78, 5) is 19.5. The Morgan fingerprint density at radius 3 is 2.75 bits per heavy atom. The third-order valence-corrected chi connectivity index (χ3v) is 9.31. The van der Waals surface area contributed by atoms with E-state index in [-0.39, 0.29) is 24.2 Å². The Labute approximate surface area is 218 Å². The van der Waals surface area contributed by atoms with Gasteiger partial charge in [0, 0.05) is 30.9 Å². The van der Waals surface area contributed by atoms with Crippen molar-refractivity contribution in [3.8, 4) is 0 Å². The van der Waals surface area contributed by atoms with Crippen LogP contribution in [0, 0.1) is 30.6 Å². The number of anilines is 1. The van der Waals surface area contributed by atoms with Crippen LogP contribution in [0.25, 0.3) is 0 Å². The third-order valence-electron chi connectivity index (χ3n) is 9.01. The SMILES string of the molecule is [CH2][C@@H]1C(C)=C[C@H]2[C@@H](C(=C)C)CC[C@@H](C)[C@]2(O)[C@H]1OC(=O)[C@@H]1C[C@@]2(O)c3cccc(Cl)c3N(C)O[C@H]2N1. The molecule has 9 atom stereocenters. The number of hydrogen-bond acceptors (Lipinski definition) is 7. The number of rotatable bonds is 3. The summed E-state index contributed by atoms with van der Waals surface area (Å²) < 4.78 is 6.13. The molecule has 0 spiro atoms. The number of carbonyl (C=O) groups excluding carboxylic acids is 1. The number of carbonyl (C=O) groups is 1. The van der Waals surface area contributed by atoms with Crippen LogP contribution in [0.4, 0.5) is 5.69 Å². The number of fused-ring (bicyclic) bond motifs is 4. The number of nitrogens with one attached hydrogen (secondary N) is 1. The van der Waals surface area contributed by atoms with Gasteiger partial charge in [0.1, 0.15) is 23.3 Å². The first-order valence-electron chi connectivity index (χ1n) is 12.7. The molecule has 1 aromatic carbocycles. The van der Waals surface area contributed by atoms with Crippen LogP contribution in [0.15, 0.2) is 42.0 Å². The van der Waals surface area contributed by atoms with Gasteiger partial charge >= 0.3 is 5.97 Å². The fourth-order valence-corrected chi connectivity index (χ4v) is 7.12. The molecule has 2 fully saturated rings. The van der Waals surface area contributed by atoms with Crippen molar-refractivity contribution < 1.29 is 24.6 Å². The van der Waals surface area contributed by atoms with Crippen LogP contribution in [0.3, 0.4) is 0 Å². The summed E-state index contributed by atoms with van der Waals surface area (Å²) in [6.07, 6.45) is 2.22. The van der Waals surface area contributed by atoms with Gasteiger partial charge in [-0.15, -0.1) is 0 Å². The molecule has 195 valence electrons. The van der Waals surface area contributed by atoms with Crippen molar-refractivity contribution in [3.63, 3.8) is 0 Å². The highest BCUT2D eigenvalue weighted by Crippen LogP contribution is 2.53. The zero-order valence-corrected chi connectivity index (χ0v) is 22.1.